The van der Waals surface area contributed by atoms with E-state index in [4.69, 9.17) is 16.6 Å². The Bertz CT molecular complexity index is 1480. The Balaban J connectivity index is 0.000000866. The van der Waals surface area contributed by atoms with Crippen LogP contribution in [-0.4, -0.2) is 16.1 Å². The van der Waals surface area contributed by atoms with E-state index < -0.39 is 6.18 Å². The molecule has 47 heavy (non-hydrogen) atoms. The number of hydrogen-bond donors (Lipinski definition) is 0. The number of hydrogen-bond acceptors (Lipinski definition) is 2. The number of rotatable bonds is 8. The molecule has 0 saturated heterocycles. The van der Waals surface area contributed by atoms with Gasteiger partial charge in [-0.05, 0) is 129 Å². The molecule has 0 unspecified atom stereocenters. The molecule has 2 aromatic heterocycles. The Morgan fingerprint density at radius 3 is 1.96 bits per heavy atom. The van der Waals surface area contributed by atoms with E-state index in [0.717, 1.165) is 70.5 Å². The average Bonchev–Trinajstić information content (AvgIpc) is 2.99. The Kier molecular flexibility index (Phi) is 21.2. The third kappa shape index (κ3) is 19.0. The Morgan fingerprint density at radius 1 is 0.894 bits per heavy atom. The van der Waals surface area contributed by atoms with Gasteiger partial charge in [-0.3, -0.25) is 0 Å². The van der Waals surface area contributed by atoms with Gasteiger partial charge >= 0.3 is 6.18 Å². The van der Waals surface area contributed by atoms with Crippen molar-refractivity contribution in [3.8, 4) is 11.3 Å². The molecule has 2 heterocycles. The van der Waals surface area contributed by atoms with Gasteiger partial charge in [0, 0.05) is 29.1 Å². The summed E-state index contributed by atoms with van der Waals surface area (Å²) in [6, 6.07) is 16.9. The summed E-state index contributed by atoms with van der Waals surface area (Å²) in [4.78, 5) is 9.32. The normalized spacial score (nSPS) is 10.2. The van der Waals surface area contributed by atoms with Crippen LogP contribution < -0.4 is 0 Å². The minimum atomic E-state index is -4.00. The Morgan fingerprint density at radius 2 is 1.47 bits per heavy atom. The number of halogens is 5. The van der Waals surface area contributed by atoms with Crippen molar-refractivity contribution < 1.29 is 17.6 Å². The lowest BCUT2D eigenvalue weighted by Gasteiger charge is -2.12. The van der Waals surface area contributed by atoms with E-state index in [-0.39, 0.29) is 12.7 Å². The Labute approximate surface area is 286 Å². The van der Waals surface area contributed by atoms with Crippen LogP contribution in [0.4, 0.5) is 17.6 Å². The maximum atomic E-state index is 13.4. The van der Waals surface area contributed by atoms with Gasteiger partial charge in [-0.1, -0.05) is 70.9 Å². The number of benzene rings is 2. The summed E-state index contributed by atoms with van der Waals surface area (Å²) in [6.45, 7) is 24.6. The summed E-state index contributed by atoms with van der Waals surface area (Å²) in [5, 5.41) is 1.85. The average molecular weight is 673 g/mol. The monoisotopic (exact) mass is 672 g/mol. The van der Waals surface area contributed by atoms with Crippen LogP contribution in [0.1, 0.15) is 103 Å². The maximum Gasteiger partial charge on any atom is 0.386 e. The van der Waals surface area contributed by atoms with Crippen LogP contribution in [-0.2, 0) is 12.8 Å². The van der Waals surface area contributed by atoms with Crippen LogP contribution >= 0.6 is 11.6 Å². The second-order valence-corrected chi connectivity index (χ2v) is 11.6. The molecule has 0 saturated carbocycles. The lowest BCUT2D eigenvalue weighted by molar-refractivity contribution is -0.110. The van der Waals surface area contributed by atoms with Crippen molar-refractivity contribution in [2.24, 2.45) is 0 Å². The Hall–Kier alpha value is -3.51. The second kappa shape index (κ2) is 22.9. The summed E-state index contributed by atoms with van der Waals surface area (Å²) in [5.74, 6) is -0.244. The summed E-state index contributed by atoms with van der Waals surface area (Å²) >= 11 is 5.83. The zero-order chi connectivity index (χ0) is 36.2. The highest BCUT2D eigenvalue weighted by Gasteiger charge is 2.15. The van der Waals surface area contributed by atoms with Crippen molar-refractivity contribution in [1.29, 1.82) is 0 Å². The molecule has 0 amide bonds. The first-order chi connectivity index (χ1) is 22.1. The zero-order valence-corrected chi connectivity index (χ0v) is 30.5. The van der Waals surface area contributed by atoms with E-state index in [1.165, 1.54) is 35.3 Å². The van der Waals surface area contributed by atoms with Crippen molar-refractivity contribution in [2.75, 3.05) is 0 Å². The topological polar surface area (TPSA) is 25.8 Å². The molecule has 2 nitrogen and oxygen atoms in total. The molecule has 0 aliphatic heterocycles. The minimum Gasteiger partial charge on any atom is -0.236 e. The van der Waals surface area contributed by atoms with Gasteiger partial charge in [0.25, 0.3) is 0 Å². The van der Waals surface area contributed by atoms with Gasteiger partial charge in [-0.15, -0.1) is 6.58 Å². The fourth-order valence-electron chi connectivity index (χ4n) is 4.15. The largest absolute Gasteiger partial charge is 0.386 e. The molecule has 258 valence electrons. The van der Waals surface area contributed by atoms with Crippen LogP contribution in [0.2, 0.25) is 5.02 Å². The fourth-order valence-corrected chi connectivity index (χ4v) is 4.46. The van der Waals surface area contributed by atoms with E-state index in [1.807, 2.05) is 32.9 Å². The number of allylic oxidation sites excluding steroid dienone is 2. The quantitative estimate of drug-likeness (QED) is 0.106. The molecule has 0 fully saturated rings. The van der Waals surface area contributed by atoms with Crippen LogP contribution in [0.3, 0.4) is 0 Å². The number of alkyl halides is 3. The zero-order valence-electron chi connectivity index (χ0n) is 29.7. The fraction of sp³-hybridized carbons (Fsp3) is 0.400. The van der Waals surface area contributed by atoms with E-state index in [0.29, 0.717) is 5.65 Å². The third-order valence-electron chi connectivity index (χ3n) is 6.17. The third-order valence-corrected chi connectivity index (χ3v) is 6.39. The van der Waals surface area contributed by atoms with Crippen molar-refractivity contribution in [1.82, 2.24) is 9.97 Å². The molecule has 0 radical (unpaired) electrons. The highest BCUT2D eigenvalue weighted by molar-refractivity contribution is 6.30. The molecular weight excluding hydrogens is 620 g/mol. The molecule has 0 atom stereocenters. The molecule has 0 bridgehead atoms. The predicted molar refractivity (Wildman–Crippen MR) is 197 cm³/mol. The first kappa shape index (κ1) is 43.5. The minimum absolute atomic E-state index is 0.188. The molecular formula is C40H53ClF4N2. The van der Waals surface area contributed by atoms with Gasteiger partial charge in [-0.2, -0.15) is 13.2 Å². The highest BCUT2D eigenvalue weighted by atomic mass is 35.5. The highest BCUT2D eigenvalue weighted by Crippen LogP contribution is 2.28. The predicted octanol–water partition coefficient (Wildman–Crippen LogP) is 14.0. The van der Waals surface area contributed by atoms with E-state index in [1.54, 1.807) is 18.3 Å². The smallest absolute Gasteiger partial charge is 0.236 e. The van der Waals surface area contributed by atoms with Gasteiger partial charge in [-0.25, -0.2) is 14.4 Å². The van der Waals surface area contributed by atoms with Crippen LogP contribution in [0, 0.1) is 12.7 Å². The second-order valence-electron chi connectivity index (χ2n) is 11.2. The van der Waals surface area contributed by atoms with Crippen molar-refractivity contribution in [3.05, 3.63) is 113 Å². The first-order valence-corrected chi connectivity index (χ1v) is 16.6. The van der Waals surface area contributed by atoms with Crippen LogP contribution in [0.25, 0.3) is 27.9 Å². The molecule has 4 aromatic rings. The van der Waals surface area contributed by atoms with Gasteiger partial charge in [0.2, 0.25) is 0 Å². The molecule has 0 spiro atoms. The van der Waals surface area contributed by atoms with E-state index in [2.05, 4.69) is 71.0 Å². The first-order valence-electron chi connectivity index (χ1n) is 16.3. The number of unbranched alkanes of at least 4 members (excludes halogenated alkanes) is 1. The summed E-state index contributed by atoms with van der Waals surface area (Å²) in [6.07, 6.45) is 4.22. The molecule has 2 aromatic carbocycles. The summed E-state index contributed by atoms with van der Waals surface area (Å²) < 4.78 is 44.4. The van der Waals surface area contributed by atoms with Gasteiger partial charge in [0.1, 0.15) is 5.82 Å². The van der Waals surface area contributed by atoms with E-state index in [9.17, 15) is 17.6 Å². The molecule has 4 rings (SSSR count). The summed E-state index contributed by atoms with van der Waals surface area (Å²) in [5.41, 5.74) is 9.42. The number of aromatic nitrogens is 2. The number of aryl methyl sites for hydroxylation is 3. The lowest BCUT2D eigenvalue weighted by Crippen LogP contribution is -1.98. The van der Waals surface area contributed by atoms with Gasteiger partial charge in [0.15, 0.2) is 5.65 Å². The number of fused-ring (bicyclic) bond motifs is 1. The molecule has 0 aliphatic carbocycles. The maximum absolute atomic E-state index is 13.4. The van der Waals surface area contributed by atoms with E-state index >= 15 is 0 Å². The number of pyridine rings is 2. The van der Waals surface area contributed by atoms with Gasteiger partial charge < -0.3 is 0 Å². The SMILES string of the molecule is C=C(C)CCCCc1cc2cc(C(=C)C)cnc2nc1-c1ccc(F)cc1.CC.CC(F)(F)F.CCC.CCc1cc(C)cc(Cl)c1. The summed E-state index contributed by atoms with van der Waals surface area (Å²) in [7, 11) is 0. The molecule has 0 aliphatic rings. The molecule has 7 heteroatoms. The standard InChI is InChI=1S/C24H25FN2.C9H11Cl.C3H8.C2H3F3.C2H6/c1-16(2)7-5-6-8-19-13-20-14-21(17(3)4)15-26-24(20)27-23(19)18-9-11-22(25)12-10-18;1-3-8-4-7(2)5-9(10)6-8;1-3-2;1-2(3,4)5;1-2/h9-15H,1,3,5-8H2,2,4H3;4-6H,3H2,1-2H3;3H2,1-2H3;1H3;1-2H3. The van der Waals surface area contributed by atoms with Gasteiger partial charge in [0.05, 0.1) is 5.69 Å². The van der Waals surface area contributed by atoms with Crippen molar-refractivity contribution in [2.45, 2.75) is 107 Å². The van der Waals surface area contributed by atoms with Crippen molar-refractivity contribution >= 4 is 28.2 Å². The lowest BCUT2D eigenvalue weighted by atomic mass is 9.98. The van der Waals surface area contributed by atoms with Crippen LogP contribution in [0.15, 0.2) is 79.5 Å². The number of nitrogens with zero attached hydrogens (tertiary/aromatic N) is 2. The van der Waals surface area contributed by atoms with Crippen LogP contribution in [0.5, 0.6) is 0 Å². The molecule has 0 N–H and O–H groups in total. The van der Waals surface area contributed by atoms with Crippen molar-refractivity contribution in [3.63, 3.8) is 0 Å².